The van der Waals surface area contributed by atoms with E-state index in [1.807, 2.05) is 31.2 Å². The molecule has 0 saturated carbocycles. The molecule has 0 fully saturated rings. The van der Waals surface area contributed by atoms with E-state index in [9.17, 15) is 0 Å². The first kappa shape index (κ1) is 12.3. The number of rotatable bonds is 1. The van der Waals surface area contributed by atoms with Crippen molar-refractivity contribution in [3.05, 3.63) is 43.2 Å². The number of benzene rings is 1. The summed E-state index contributed by atoms with van der Waals surface area (Å²) >= 11 is 11.6. The Labute approximate surface area is 121 Å². The highest BCUT2D eigenvalue weighted by Gasteiger charge is 2.08. The minimum absolute atomic E-state index is 0.503. The quantitative estimate of drug-likeness (QED) is 0.513. The lowest BCUT2D eigenvalue weighted by Crippen LogP contribution is -1.96. The molecule has 16 heavy (non-hydrogen) atoms. The molecule has 0 aliphatic rings. The summed E-state index contributed by atoms with van der Waals surface area (Å²) in [4.78, 5) is 8.69. The summed E-state index contributed by atoms with van der Waals surface area (Å²) in [6.07, 6.45) is 0. The Balaban J connectivity index is 2.57. The minimum atomic E-state index is 0.503. The van der Waals surface area contributed by atoms with Crippen molar-refractivity contribution in [1.82, 2.24) is 9.97 Å². The largest absolute Gasteiger partial charge is 0.232 e. The van der Waals surface area contributed by atoms with E-state index in [0.29, 0.717) is 11.0 Å². The monoisotopic (exact) mass is 408 g/mol. The van der Waals surface area contributed by atoms with Crippen LogP contribution in [0.25, 0.3) is 11.4 Å². The van der Waals surface area contributed by atoms with Crippen LogP contribution in [0.15, 0.2) is 28.7 Å². The first-order chi connectivity index (χ1) is 7.58. The summed E-state index contributed by atoms with van der Waals surface area (Å²) < 4.78 is 1.90. The zero-order valence-electron chi connectivity index (χ0n) is 8.34. The van der Waals surface area contributed by atoms with Gasteiger partial charge < -0.3 is 0 Å². The molecule has 0 saturated heterocycles. The zero-order valence-corrected chi connectivity index (χ0v) is 12.8. The molecule has 0 unspecified atom stereocenters. The third-order valence-corrected chi connectivity index (χ3v) is 4.44. The van der Waals surface area contributed by atoms with Crippen molar-refractivity contribution in [1.29, 1.82) is 0 Å². The summed E-state index contributed by atoms with van der Waals surface area (Å²) in [5.41, 5.74) is 1.85. The average Bonchev–Trinajstić information content (AvgIpc) is 2.25. The second-order valence-electron chi connectivity index (χ2n) is 3.25. The van der Waals surface area contributed by atoms with Gasteiger partial charge in [-0.25, -0.2) is 9.97 Å². The molecule has 82 valence electrons. The molecule has 0 bridgehead atoms. The number of nitrogens with zero attached hydrogens (tertiary/aromatic N) is 2. The summed E-state index contributed by atoms with van der Waals surface area (Å²) in [5, 5.41) is 0.503. The van der Waals surface area contributed by atoms with Gasteiger partial charge in [-0.15, -0.1) is 0 Å². The van der Waals surface area contributed by atoms with Crippen LogP contribution < -0.4 is 0 Å². The van der Waals surface area contributed by atoms with Crippen LogP contribution in [0.2, 0.25) is 5.15 Å². The minimum Gasteiger partial charge on any atom is -0.232 e. The van der Waals surface area contributed by atoms with Crippen molar-refractivity contribution in [3.63, 3.8) is 0 Å². The SMILES string of the molecule is Cc1nc(-c2cccc(Br)c2)nc(Cl)c1I. The van der Waals surface area contributed by atoms with E-state index in [4.69, 9.17) is 11.6 Å². The molecular formula is C11H7BrClIN2. The number of aryl methyl sites for hydroxylation is 1. The van der Waals surface area contributed by atoms with E-state index in [-0.39, 0.29) is 0 Å². The first-order valence-corrected chi connectivity index (χ1v) is 6.78. The topological polar surface area (TPSA) is 25.8 Å². The Bertz CT molecular complexity index is 522. The van der Waals surface area contributed by atoms with Gasteiger partial charge in [0, 0.05) is 10.0 Å². The lowest BCUT2D eigenvalue weighted by atomic mass is 10.2. The molecule has 0 amide bonds. The highest BCUT2D eigenvalue weighted by atomic mass is 127. The molecule has 0 spiro atoms. The fourth-order valence-corrected chi connectivity index (χ4v) is 2.14. The number of aromatic nitrogens is 2. The van der Waals surface area contributed by atoms with Crippen LogP contribution in [0.4, 0.5) is 0 Å². The van der Waals surface area contributed by atoms with Crippen LogP contribution in [0.5, 0.6) is 0 Å². The Kier molecular flexibility index (Phi) is 3.81. The van der Waals surface area contributed by atoms with Gasteiger partial charge in [-0.2, -0.15) is 0 Å². The van der Waals surface area contributed by atoms with Crippen LogP contribution in [0, 0.1) is 10.5 Å². The van der Waals surface area contributed by atoms with Gasteiger partial charge in [0.2, 0.25) is 0 Å². The standard InChI is InChI=1S/C11H7BrClIN2/c1-6-9(14)10(13)16-11(15-6)7-3-2-4-8(12)5-7/h2-5H,1H3. The predicted octanol–water partition coefficient (Wildman–Crippen LogP) is 4.47. The zero-order chi connectivity index (χ0) is 11.7. The van der Waals surface area contributed by atoms with Gasteiger partial charge in [-0.3, -0.25) is 0 Å². The summed E-state index contributed by atoms with van der Waals surface area (Å²) in [7, 11) is 0. The number of hydrogen-bond acceptors (Lipinski definition) is 2. The van der Waals surface area contributed by atoms with Crippen molar-refractivity contribution < 1.29 is 0 Å². The maximum Gasteiger partial charge on any atom is 0.161 e. The third kappa shape index (κ3) is 2.55. The molecular weight excluding hydrogens is 402 g/mol. The summed E-state index contributed by atoms with van der Waals surface area (Å²) in [6, 6.07) is 7.84. The fraction of sp³-hybridized carbons (Fsp3) is 0.0909. The van der Waals surface area contributed by atoms with Crippen molar-refractivity contribution >= 4 is 50.1 Å². The van der Waals surface area contributed by atoms with Crippen LogP contribution in [-0.2, 0) is 0 Å². The lowest BCUT2D eigenvalue weighted by Gasteiger charge is -2.05. The number of hydrogen-bond donors (Lipinski definition) is 0. The first-order valence-electron chi connectivity index (χ1n) is 4.53. The van der Waals surface area contributed by atoms with Crippen molar-refractivity contribution in [2.24, 2.45) is 0 Å². The predicted molar refractivity (Wildman–Crippen MR) is 77.6 cm³/mol. The van der Waals surface area contributed by atoms with Gasteiger partial charge in [0.15, 0.2) is 5.82 Å². The second-order valence-corrected chi connectivity index (χ2v) is 5.60. The smallest absolute Gasteiger partial charge is 0.161 e. The van der Waals surface area contributed by atoms with Crippen LogP contribution in [0.1, 0.15) is 5.69 Å². The second kappa shape index (κ2) is 4.98. The van der Waals surface area contributed by atoms with Gasteiger partial charge in [-0.05, 0) is 41.6 Å². The normalized spacial score (nSPS) is 10.5. The van der Waals surface area contributed by atoms with Crippen molar-refractivity contribution in [2.45, 2.75) is 6.92 Å². The maximum atomic E-state index is 6.04. The molecule has 1 aromatic heterocycles. The van der Waals surface area contributed by atoms with E-state index in [1.165, 1.54) is 0 Å². The molecule has 1 aromatic carbocycles. The van der Waals surface area contributed by atoms with Crippen LogP contribution in [0.3, 0.4) is 0 Å². The highest BCUT2D eigenvalue weighted by molar-refractivity contribution is 14.1. The molecule has 1 heterocycles. The molecule has 0 aliphatic heterocycles. The molecule has 0 atom stereocenters. The molecule has 2 rings (SSSR count). The molecule has 0 aliphatic carbocycles. The Morgan fingerprint density at radius 2 is 2.06 bits per heavy atom. The highest BCUT2D eigenvalue weighted by Crippen LogP contribution is 2.24. The maximum absolute atomic E-state index is 6.04. The molecule has 2 aromatic rings. The third-order valence-electron chi connectivity index (χ3n) is 2.06. The molecule has 2 nitrogen and oxygen atoms in total. The average molecular weight is 409 g/mol. The summed E-state index contributed by atoms with van der Waals surface area (Å²) in [5.74, 6) is 0.657. The van der Waals surface area contributed by atoms with E-state index in [0.717, 1.165) is 19.3 Å². The van der Waals surface area contributed by atoms with Crippen molar-refractivity contribution in [2.75, 3.05) is 0 Å². The van der Waals surface area contributed by atoms with E-state index >= 15 is 0 Å². The summed E-state index contributed by atoms with van der Waals surface area (Å²) in [6.45, 7) is 1.93. The number of halogens is 3. The van der Waals surface area contributed by atoms with E-state index in [1.54, 1.807) is 0 Å². The van der Waals surface area contributed by atoms with Crippen molar-refractivity contribution in [3.8, 4) is 11.4 Å². The van der Waals surface area contributed by atoms with E-state index in [2.05, 4.69) is 48.5 Å². The molecule has 0 radical (unpaired) electrons. The Morgan fingerprint density at radius 1 is 1.31 bits per heavy atom. The van der Waals surface area contributed by atoms with Crippen LogP contribution >= 0.6 is 50.1 Å². The van der Waals surface area contributed by atoms with Gasteiger partial charge in [-0.1, -0.05) is 39.7 Å². The van der Waals surface area contributed by atoms with Gasteiger partial charge in [0.05, 0.1) is 9.26 Å². The molecule has 0 N–H and O–H groups in total. The van der Waals surface area contributed by atoms with Gasteiger partial charge >= 0.3 is 0 Å². The molecule has 5 heteroatoms. The van der Waals surface area contributed by atoms with Crippen LogP contribution in [-0.4, -0.2) is 9.97 Å². The Morgan fingerprint density at radius 3 is 2.69 bits per heavy atom. The Hall–Kier alpha value is -0.200. The van der Waals surface area contributed by atoms with Gasteiger partial charge in [0.25, 0.3) is 0 Å². The van der Waals surface area contributed by atoms with E-state index < -0.39 is 0 Å². The fourth-order valence-electron chi connectivity index (χ4n) is 1.28. The van der Waals surface area contributed by atoms with Gasteiger partial charge in [0.1, 0.15) is 5.15 Å². The lowest BCUT2D eigenvalue weighted by molar-refractivity contribution is 1.09.